The Morgan fingerprint density at radius 2 is 1.00 bits per heavy atom. The Labute approximate surface area is 132 Å². The molecule has 0 aliphatic rings. The zero-order valence-corrected chi connectivity index (χ0v) is 17.5. The van der Waals surface area contributed by atoms with Crippen molar-refractivity contribution in [2.24, 2.45) is 0 Å². The third-order valence-corrected chi connectivity index (χ3v) is 1.11. The van der Waals surface area contributed by atoms with Crippen LogP contribution in [0.15, 0.2) is 60.7 Å². The molecule has 0 bridgehead atoms. The second kappa shape index (κ2) is 21.5. The molecule has 0 N–H and O–H groups in total. The molecule has 0 fully saturated rings. The van der Waals surface area contributed by atoms with Crippen molar-refractivity contribution in [1.29, 1.82) is 0 Å². The largest absolute Gasteiger partial charge is 0.214 e. The van der Waals surface area contributed by atoms with E-state index in [1.54, 1.807) is 0 Å². The molecule has 87 valence electrons. The average Bonchev–Trinajstić information content (AvgIpc) is 3.00. The fraction of sp³-hybridized carbons (Fsp3) is 0.167. The van der Waals surface area contributed by atoms with Gasteiger partial charge in [-0.3, -0.25) is 0 Å². The van der Waals surface area contributed by atoms with Crippen molar-refractivity contribution < 1.29 is 14.9 Å². The summed E-state index contributed by atoms with van der Waals surface area (Å²) in [4.78, 5) is 0. The van der Waals surface area contributed by atoms with Gasteiger partial charge in [-0.2, -0.15) is 36.4 Å². The minimum absolute atomic E-state index is 0.170. The first-order chi connectivity index (χ1) is 7.83. The average molecular weight is 534 g/mol. The van der Waals surface area contributed by atoms with Crippen LogP contribution in [0.2, 0.25) is 13.1 Å². The van der Waals surface area contributed by atoms with Gasteiger partial charge in [0.2, 0.25) is 0 Å². The second-order valence-corrected chi connectivity index (χ2v) is 22.7. The van der Waals surface area contributed by atoms with Crippen LogP contribution in [0.3, 0.4) is 0 Å². The standard InChI is InChI=1S/2C5H5.C2H7Si.2HI.Zr/c2*1-2-4-5-3-1;1-3-2;;;/h2*1-5H;3H,1-2H3;2*1H;/q2*-1;;;;+4/p-2. The van der Waals surface area contributed by atoms with Gasteiger partial charge in [-0.05, 0) is 0 Å². The summed E-state index contributed by atoms with van der Waals surface area (Å²) in [7, 11) is 0.750. The van der Waals surface area contributed by atoms with E-state index in [9.17, 15) is 0 Å². The minimum atomic E-state index is 0.170. The van der Waals surface area contributed by atoms with Crippen molar-refractivity contribution in [3.05, 3.63) is 60.7 Å². The van der Waals surface area contributed by atoms with Crippen LogP contribution >= 0.6 is 36.1 Å². The summed E-state index contributed by atoms with van der Waals surface area (Å²) in [5.41, 5.74) is 0. The molecule has 0 nitrogen and oxygen atoms in total. The molecule has 0 heterocycles. The van der Waals surface area contributed by atoms with E-state index in [1.807, 2.05) is 60.7 Å². The molecule has 0 saturated heterocycles. The smallest absolute Gasteiger partial charge is 0.172 e. The van der Waals surface area contributed by atoms with E-state index in [0.29, 0.717) is 0 Å². The molecule has 0 aliphatic heterocycles. The summed E-state index contributed by atoms with van der Waals surface area (Å²) < 4.78 is 0. The number of hydrogen-bond donors (Lipinski definition) is 0. The van der Waals surface area contributed by atoms with E-state index in [4.69, 9.17) is 0 Å². The van der Waals surface area contributed by atoms with Crippen LogP contribution < -0.4 is 0 Å². The van der Waals surface area contributed by atoms with E-state index < -0.39 is 0 Å². The molecule has 0 spiro atoms. The molecule has 0 atom stereocenters. The van der Waals surface area contributed by atoms with E-state index in [0.717, 1.165) is 9.52 Å². The van der Waals surface area contributed by atoms with Gasteiger partial charge in [-0.25, -0.2) is 24.3 Å². The normalized spacial score (nSPS) is 6.75. The first-order valence-corrected chi connectivity index (χ1v) is 21.8. The Morgan fingerprint density at radius 1 is 0.812 bits per heavy atom. The van der Waals surface area contributed by atoms with Crippen LogP contribution in [-0.2, 0) is 14.9 Å². The molecule has 0 saturated carbocycles. The molecule has 0 unspecified atom stereocenters. The van der Waals surface area contributed by atoms with Gasteiger partial charge in [-0.15, -0.1) is 0 Å². The van der Waals surface area contributed by atoms with E-state index in [1.165, 1.54) is 0 Å². The van der Waals surface area contributed by atoms with Gasteiger partial charge in [0, 0.05) is 9.52 Å². The van der Waals surface area contributed by atoms with Crippen LogP contribution in [0.1, 0.15) is 0 Å². The predicted molar refractivity (Wildman–Crippen MR) is 91.0 cm³/mol. The van der Waals surface area contributed by atoms with Crippen LogP contribution in [-0.4, -0.2) is 9.52 Å². The van der Waals surface area contributed by atoms with Crippen molar-refractivity contribution in [3.8, 4) is 0 Å². The summed E-state index contributed by atoms with van der Waals surface area (Å²) in [5, 5.41) is 0. The van der Waals surface area contributed by atoms with E-state index in [-0.39, 0.29) is 14.9 Å². The Hall–Kier alpha value is 1.26. The monoisotopic (exact) mass is 533 g/mol. The third-order valence-electron chi connectivity index (χ3n) is 1.11. The molecule has 2 rings (SSSR count). The molecule has 0 aromatic heterocycles. The fourth-order valence-corrected chi connectivity index (χ4v) is 0.642. The van der Waals surface area contributed by atoms with Crippen LogP contribution in [0.5, 0.6) is 0 Å². The maximum Gasteiger partial charge on any atom is -0.172 e. The molecule has 16 heavy (non-hydrogen) atoms. The second-order valence-electron chi connectivity index (χ2n) is 2.57. The maximum absolute atomic E-state index is 2.45. The molecule has 1 radical (unpaired) electrons. The minimum Gasteiger partial charge on any atom is -0.214 e. The summed E-state index contributed by atoms with van der Waals surface area (Å²) in [6, 6.07) is 20.0. The zero-order valence-electron chi connectivity index (χ0n) is 9.61. The van der Waals surface area contributed by atoms with Gasteiger partial charge in [-0.1, -0.05) is 13.1 Å². The quantitative estimate of drug-likeness (QED) is 0.251. The molecule has 0 aliphatic carbocycles. The topological polar surface area (TPSA) is 0 Å². The first-order valence-electron chi connectivity index (χ1n) is 4.87. The van der Waals surface area contributed by atoms with Gasteiger partial charge in [0.15, 0.2) is 0 Å². The van der Waals surface area contributed by atoms with E-state index >= 15 is 0 Å². The summed E-state index contributed by atoms with van der Waals surface area (Å²) in [6.45, 7) is 4.42. The molecule has 4 heteroatoms. The van der Waals surface area contributed by atoms with Crippen molar-refractivity contribution in [3.63, 3.8) is 0 Å². The third kappa shape index (κ3) is 24.5. The molecule has 2 aromatic carbocycles. The maximum atomic E-state index is 2.45. The van der Waals surface area contributed by atoms with Crippen LogP contribution in [0.25, 0.3) is 0 Å². The number of halogens is 2. The van der Waals surface area contributed by atoms with Crippen molar-refractivity contribution >= 4 is 45.6 Å². The van der Waals surface area contributed by atoms with Crippen LogP contribution in [0.4, 0.5) is 0 Å². The van der Waals surface area contributed by atoms with Gasteiger partial charge < -0.3 is 0 Å². The zero-order chi connectivity index (χ0) is 12.5. The Balaban J connectivity index is 0. The van der Waals surface area contributed by atoms with Gasteiger partial charge in [0.1, 0.15) is 0 Å². The Kier molecular flexibility index (Phi) is 26.4. The number of hydrogen-bond acceptors (Lipinski definition) is 0. The fourth-order valence-electron chi connectivity index (χ4n) is 0.642. The van der Waals surface area contributed by atoms with Gasteiger partial charge >= 0.3 is 50.9 Å². The van der Waals surface area contributed by atoms with Gasteiger partial charge in [0.05, 0.1) is 0 Å². The Morgan fingerprint density at radius 3 is 1.06 bits per heavy atom. The predicted octanol–water partition coefficient (Wildman–Crippen LogP) is 5.10. The van der Waals surface area contributed by atoms with Crippen LogP contribution in [0, 0.1) is 0 Å². The molecule has 2 aromatic rings. The number of rotatable bonds is 0. The van der Waals surface area contributed by atoms with Crippen molar-refractivity contribution in [2.45, 2.75) is 13.1 Å². The van der Waals surface area contributed by atoms with Crippen molar-refractivity contribution in [2.75, 3.05) is 0 Å². The summed E-state index contributed by atoms with van der Waals surface area (Å²) >= 11 is 5.06. The molecular formula is C12H17I2SiZr. The molecular weight excluding hydrogens is 517 g/mol. The first kappa shape index (κ1) is 19.6. The Bertz CT molecular complexity index is 181. The summed E-state index contributed by atoms with van der Waals surface area (Å²) in [5.74, 6) is 0. The SMILES string of the molecule is C[SiH]C.[I][Zr+2][I].c1cc[cH-]c1.c1cc[cH-]c1. The molecule has 0 amide bonds. The van der Waals surface area contributed by atoms with E-state index in [2.05, 4.69) is 49.2 Å². The van der Waals surface area contributed by atoms with Crippen molar-refractivity contribution in [1.82, 2.24) is 0 Å². The van der Waals surface area contributed by atoms with Gasteiger partial charge in [0.25, 0.3) is 0 Å². The summed E-state index contributed by atoms with van der Waals surface area (Å²) in [6.07, 6.45) is 0.